The van der Waals surface area contributed by atoms with Crippen molar-refractivity contribution in [2.45, 2.75) is 0 Å². The van der Waals surface area contributed by atoms with Crippen LogP contribution in [0.15, 0.2) is 28.4 Å². The molecule has 11 heavy (non-hydrogen) atoms. The van der Waals surface area contributed by atoms with E-state index in [4.69, 9.17) is 9.68 Å². The number of furan rings is 1. The molecule has 0 atom stereocenters. The van der Waals surface area contributed by atoms with E-state index >= 15 is 0 Å². The Morgan fingerprint density at radius 1 is 1.73 bits per heavy atom. The van der Waals surface area contributed by atoms with Gasteiger partial charge in [0.2, 0.25) is 0 Å². The summed E-state index contributed by atoms with van der Waals surface area (Å²) in [7, 11) is 0. The molecule has 1 aromatic heterocycles. The Labute approximate surface area is 63.5 Å². The number of rotatable bonds is 2. The van der Waals surface area contributed by atoms with Crippen LogP contribution in [0.2, 0.25) is 0 Å². The van der Waals surface area contributed by atoms with Crippen molar-refractivity contribution in [2.75, 3.05) is 0 Å². The molecule has 0 aliphatic heterocycles. The lowest BCUT2D eigenvalue weighted by atomic mass is 10.3. The van der Waals surface area contributed by atoms with E-state index in [0.29, 0.717) is 12.0 Å². The van der Waals surface area contributed by atoms with E-state index in [0.717, 1.165) is 0 Å². The van der Waals surface area contributed by atoms with Gasteiger partial charge in [-0.3, -0.25) is 4.79 Å². The van der Waals surface area contributed by atoms with Crippen molar-refractivity contribution in [1.29, 1.82) is 5.26 Å². The lowest BCUT2D eigenvalue weighted by molar-refractivity contribution is -0.104. The molecule has 1 aromatic rings. The van der Waals surface area contributed by atoms with Gasteiger partial charge in [-0.05, 0) is 12.1 Å². The Morgan fingerprint density at radius 3 is 3.00 bits per heavy atom. The normalized spacial score (nSPS) is 10.6. The molecule has 3 heteroatoms. The maximum absolute atomic E-state index is 10.1. The molecular weight excluding hydrogens is 142 g/mol. The molecule has 0 aromatic carbocycles. The van der Waals surface area contributed by atoms with Crippen molar-refractivity contribution in [3.8, 4) is 6.07 Å². The monoisotopic (exact) mass is 147 g/mol. The number of allylic oxidation sites excluding steroid dienone is 1. The molecule has 0 aliphatic carbocycles. The van der Waals surface area contributed by atoms with Gasteiger partial charge in [-0.1, -0.05) is 0 Å². The highest BCUT2D eigenvalue weighted by Gasteiger charge is 1.94. The number of aldehydes is 1. The summed E-state index contributed by atoms with van der Waals surface area (Å²) in [6, 6.07) is 5.08. The summed E-state index contributed by atoms with van der Waals surface area (Å²) in [6.07, 6.45) is 3.35. The van der Waals surface area contributed by atoms with Crippen LogP contribution >= 0.6 is 0 Å². The Kier molecular flexibility index (Phi) is 2.24. The Balaban J connectivity index is 2.90. The van der Waals surface area contributed by atoms with Gasteiger partial charge in [0, 0.05) is 6.08 Å². The van der Waals surface area contributed by atoms with Crippen LogP contribution in [-0.2, 0) is 4.79 Å². The fraction of sp³-hybridized carbons (Fsp3) is 0. The fourth-order valence-corrected chi connectivity index (χ4v) is 0.619. The SMILES string of the molecule is N#CC(C=O)=Cc1ccco1. The summed E-state index contributed by atoms with van der Waals surface area (Å²) in [6.45, 7) is 0. The Hall–Kier alpha value is -1.82. The minimum absolute atomic E-state index is 0.0555. The molecule has 0 amide bonds. The molecule has 3 nitrogen and oxygen atoms in total. The lowest BCUT2D eigenvalue weighted by Gasteiger charge is -1.81. The second-order valence-electron chi connectivity index (χ2n) is 1.84. The summed E-state index contributed by atoms with van der Waals surface area (Å²) in [5, 5.41) is 8.33. The van der Waals surface area contributed by atoms with Crippen molar-refractivity contribution in [3.05, 3.63) is 29.7 Å². The molecule has 0 bridgehead atoms. The number of nitriles is 1. The van der Waals surface area contributed by atoms with Gasteiger partial charge in [0.15, 0.2) is 6.29 Å². The first-order valence-corrected chi connectivity index (χ1v) is 2.97. The number of carbonyl (C=O) groups is 1. The quantitative estimate of drug-likeness (QED) is 0.360. The van der Waals surface area contributed by atoms with Gasteiger partial charge in [-0.2, -0.15) is 5.26 Å². The minimum atomic E-state index is 0.0555. The second kappa shape index (κ2) is 3.37. The average molecular weight is 147 g/mol. The van der Waals surface area contributed by atoms with Crippen molar-refractivity contribution in [2.24, 2.45) is 0 Å². The van der Waals surface area contributed by atoms with Gasteiger partial charge >= 0.3 is 0 Å². The van der Waals surface area contributed by atoms with E-state index in [1.165, 1.54) is 12.3 Å². The van der Waals surface area contributed by atoms with Crippen molar-refractivity contribution in [3.63, 3.8) is 0 Å². The Bertz CT molecular complexity index is 303. The van der Waals surface area contributed by atoms with Crippen LogP contribution in [0.3, 0.4) is 0 Å². The summed E-state index contributed by atoms with van der Waals surface area (Å²) in [4.78, 5) is 10.1. The molecule has 0 aliphatic rings. The zero-order chi connectivity index (χ0) is 8.10. The second-order valence-corrected chi connectivity index (χ2v) is 1.84. The third kappa shape index (κ3) is 1.80. The van der Waals surface area contributed by atoms with Crippen LogP contribution < -0.4 is 0 Å². The molecule has 0 saturated carbocycles. The average Bonchev–Trinajstić information content (AvgIpc) is 2.52. The molecule has 0 fully saturated rings. The third-order valence-electron chi connectivity index (χ3n) is 1.10. The predicted molar refractivity (Wildman–Crippen MR) is 38.4 cm³/mol. The molecule has 0 spiro atoms. The maximum Gasteiger partial charge on any atom is 0.160 e. The summed E-state index contributed by atoms with van der Waals surface area (Å²) < 4.78 is 4.88. The highest BCUT2D eigenvalue weighted by Crippen LogP contribution is 2.04. The first-order chi connectivity index (χ1) is 5.36. The van der Waals surface area contributed by atoms with Gasteiger partial charge < -0.3 is 4.42 Å². The molecule has 0 saturated heterocycles. The van der Waals surface area contributed by atoms with E-state index in [2.05, 4.69) is 0 Å². The van der Waals surface area contributed by atoms with E-state index in [1.54, 1.807) is 18.2 Å². The van der Waals surface area contributed by atoms with Gasteiger partial charge in [0.05, 0.1) is 11.8 Å². The van der Waals surface area contributed by atoms with Crippen LogP contribution in [0, 0.1) is 11.3 Å². The number of hydrogen-bond acceptors (Lipinski definition) is 3. The van der Waals surface area contributed by atoms with Crippen LogP contribution in [0.25, 0.3) is 6.08 Å². The lowest BCUT2D eigenvalue weighted by Crippen LogP contribution is -1.77. The zero-order valence-electron chi connectivity index (χ0n) is 5.65. The van der Waals surface area contributed by atoms with E-state index in [-0.39, 0.29) is 5.57 Å². The van der Waals surface area contributed by atoms with Crippen molar-refractivity contribution in [1.82, 2.24) is 0 Å². The van der Waals surface area contributed by atoms with Gasteiger partial charge in [-0.15, -0.1) is 0 Å². The first kappa shape index (κ1) is 7.29. The molecule has 54 valence electrons. The third-order valence-corrected chi connectivity index (χ3v) is 1.10. The van der Waals surface area contributed by atoms with Crippen LogP contribution in [-0.4, -0.2) is 6.29 Å². The highest BCUT2D eigenvalue weighted by molar-refractivity contribution is 5.86. The van der Waals surface area contributed by atoms with Crippen molar-refractivity contribution < 1.29 is 9.21 Å². The highest BCUT2D eigenvalue weighted by atomic mass is 16.3. The molecule has 1 rings (SSSR count). The number of hydrogen-bond donors (Lipinski definition) is 0. The van der Waals surface area contributed by atoms with Gasteiger partial charge in [-0.25, -0.2) is 0 Å². The van der Waals surface area contributed by atoms with E-state index < -0.39 is 0 Å². The molecular formula is C8H5NO2. The molecule has 0 N–H and O–H groups in total. The van der Waals surface area contributed by atoms with Crippen LogP contribution in [0.4, 0.5) is 0 Å². The Morgan fingerprint density at radius 2 is 2.55 bits per heavy atom. The molecule has 1 heterocycles. The van der Waals surface area contributed by atoms with E-state index in [9.17, 15) is 4.79 Å². The van der Waals surface area contributed by atoms with Gasteiger partial charge in [0.1, 0.15) is 11.8 Å². The standard InChI is InChI=1S/C8H5NO2/c9-5-7(6-10)4-8-2-1-3-11-8/h1-4,6H. The van der Waals surface area contributed by atoms with Crippen molar-refractivity contribution >= 4 is 12.4 Å². The smallest absolute Gasteiger partial charge is 0.160 e. The van der Waals surface area contributed by atoms with Gasteiger partial charge in [0.25, 0.3) is 0 Å². The number of carbonyl (C=O) groups excluding carboxylic acids is 1. The maximum atomic E-state index is 10.1. The summed E-state index contributed by atoms with van der Waals surface area (Å²) in [5.74, 6) is 0.508. The predicted octanol–water partition coefficient (Wildman–Crippen LogP) is 1.39. The summed E-state index contributed by atoms with van der Waals surface area (Å²) >= 11 is 0. The molecule has 0 radical (unpaired) electrons. The van der Waals surface area contributed by atoms with Crippen LogP contribution in [0.5, 0.6) is 0 Å². The fourth-order valence-electron chi connectivity index (χ4n) is 0.619. The number of nitrogens with zero attached hydrogens (tertiary/aromatic N) is 1. The van der Waals surface area contributed by atoms with Crippen LogP contribution in [0.1, 0.15) is 5.76 Å². The summed E-state index contributed by atoms with van der Waals surface area (Å²) in [5.41, 5.74) is 0.0555. The minimum Gasteiger partial charge on any atom is -0.465 e. The largest absolute Gasteiger partial charge is 0.465 e. The van der Waals surface area contributed by atoms with E-state index in [1.807, 2.05) is 0 Å². The first-order valence-electron chi connectivity index (χ1n) is 2.97. The zero-order valence-corrected chi connectivity index (χ0v) is 5.65. The molecule has 0 unspecified atom stereocenters. The topological polar surface area (TPSA) is 54.0 Å².